The highest BCUT2D eigenvalue weighted by atomic mass is 32.1. The maximum absolute atomic E-state index is 13.5. The minimum Gasteiger partial charge on any atom is -0.493 e. The van der Waals surface area contributed by atoms with Gasteiger partial charge in [0.1, 0.15) is 11.9 Å². The zero-order valence-electron chi connectivity index (χ0n) is 17.0. The normalized spacial score (nSPS) is 15.0. The summed E-state index contributed by atoms with van der Waals surface area (Å²) in [5, 5.41) is 14.0. The molecule has 6 nitrogen and oxygen atoms in total. The maximum atomic E-state index is 13.5. The van der Waals surface area contributed by atoms with Crippen molar-refractivity contribution >= 4 is 23.1 Å². The molecular weight excluding hydrogens is 417 g/mol. The number of ether oxygens (including phenoxy) is 2. The summed E-state index contributed by atoms with van der Waals surface area (Å²) in [5.74, 6) is 0.711. The Morgan fingerprint density at radius 3 is 2.68 bits per heavy atom. The lowest BCUT2D eigenvalue weighted by molar-refractivity contribution is 0.194. The van der Waals surface area contributed by atoms with E-state index in [9.17, 15) is 14.4 Å². The number of nitrogens with zero attached hydrogens (tertiary/aromatic N) is 2. The SMILES string of the molecule is COc1cc2c(cc1OC)C(c1cccs1)N(C(=O)Nc1ccc(F)cc1C#N)CC2. The predicted molar refractivity (Wildman–Crippen MR) is 116 cm³/mol. The van der Waals surface area contributed by atoms with Crippen molar-refractivity contribution in [1.29, 1.82) is 5.26 Å². The van der Waals surface area contributed by atoms with Crippen LogP contribution in [0.5, 0.6) is 11.5 Å². The van der Waals surface area contributed by atoms with Crippen LogP contribution in [-0.4, -0.2) is 31.7 Å². The van der Waals surface area contributed by atoms with Gasteiger partial charge in [0.05, 0.1) is 31.5 Å². The number of nitrogens with one attached hydrogen (secondary N) is 1. The van der Waals surface area contributed by atoms with Gasteiger partial charge in [0.15, 0.2) is 11.5 Å². The third-order valence-corrected chi connectivity index (χ3v) is 6.22. The average molecular weight is 437 g/mol. The molecule has 0 fully saturated rings. The Labute approximate surface area is 183 Å². The van der Waals surface area contributed by atoms with Crippen molar-refractivity contribution in [2.75, 3.05) is 26.1 Å². The van der Waals surface area contributed by atoms with Crippen LogP contribution in [0.3, 0.4) is 0 Å². The van der Waals surface area contributed by atoms with Crippen LogP contribution in [0.25, 0.3) is 0 Å². The summed E-state index contributed by atoms with van der Waals surface area (Å²) in [6.45, 7) is 0.472. The van der Waals surface area contributed by atoms with E-state index in [0.717, 1.165) is 22.1 Å². The van der Waals surface area contributed by atoms with Gasteiger partial charge in [0.25, 0.3) is 0 Å². The van der Waals surface area contributed by atoms with E-state index in [1.54, 1.807) is 30.5 Å². The molecular formula is C23H20FN3O3S. The Morgan fingerprint density at radius 1 is 1.23 bits per heavy atom. The van der Waals surface area contributed by atoms with Crippen LogP contribution in [0, 0.1) is 17.1 Å². The molecule has 3 aromatic rings. The van der Waals surface area contributed by atoms with Gasteiger partial charge >= 0.3 is 6.03 Å². The average Bonchev–Trinajstić information content (AvgIpc) is 3.32. The minimum absolute atomic E-state index is 0.0739. The number of anilines is 1. The first-order valence-corrected chi connectivity index (χ1v) is 10.5. The van der Waals surface area contributed by atoms with Crippen molar-refractivity contribution < 1.29 is 18.7 Å². The molecule has 2 aromatic carbocycles. The Hall–Kier alpha value is -3.57. The Kier molecular flexibility index (Phi) is 5.78. The first-order valence-electron chi connectivity index (χ1n) is 9.61. The van der Waals surface area contributed by atoms with E-state index in [1.165, 1.54) is 12.1 Å². The summed E-state index contributed by atoms with van der Waals surface area (Å²) in [7, 11) is 3.18. The molecule has 1 aromatic heterocycles. The zero-order valence-corrected chi connectivity index (χ0v) is 17.8. The Bertz CT molecular complexity index is 1160. The molecule has 4 rings (SSSR count). The molecule has 0 spiro atoms. The number of benzene rings is 2. The first-order chi connectivity index (χ1) is 15.0. The van der Waals surface area contributed by atoms with E-state index < -0.39 is 5.82 Å². The van der Waals surface area contributed by atoms with E-state index in [1.807, 2.05) is 35.7 Å². The number of rotatable bonds is 4. The van der Waals surface area contributed by atoms with Gasteiger partial charge in [-0.25, -0.2) is 9.18 Å². The second-order valence-corrected chi connectivity index (χ2v) is 7.98. The van der Waals surface area contributed by atoms with Crippen LogP contribution < -0.4 is 14.8 Å². The lowest BCUT2D eigenvalue weighted by Crippen LogP contribution is -2.42. The topological polar surface area (TPSA) is 74.6 Å². The lowest BCUT2D eigenvalue weighted by atomic mass is 9.91. The van der Waals surface area contributed by atoms with Crippen molar-refractivity contribution in [1.82, 2.24) is 4.90 Å². The molecule has 1 aliphatic rings. The smallest absolute Gasteiger partial charge is 0.322 e. The zero-order chi connectivity index (χ0) is 22.0. The second-order valence-electron chi connectivity index (χ2n) is 7.00. The number of carbonyl (C=O) groups excluding carboxylic acids is 1. The minimum atomic E-state index is -0.529. The Morgan fingerprint density at radius 2 is 2.00 bits per heavy atom. The van der Waals surface area contributed by atoms with Gasteiger partial charge in [-0.1, -0.05) is 6.07 Å². The molecule has 2 heterocycles. The number of hydrogen-bond donors (Lipinski definition) is 1. The van der Waals surface area contributed by atoms with Gasteiger partial charge in [0, 0.05) is 11.4 Å². The van der Waals surface area contributed by atoms with Crippen LogP contribution in [-0.2, 0) is 6.42 Å². The van der Waals surface area contributed by atoms with Gasteiger partial charge in [-0.2, -0.15) is 5.26 Å². The fraction of sp³-hybridized carbons (Fsp3) is 0.217. The van der Waals surface area contributed by atoms with Crippen LogP contribution in [0.2, 0.25) is 0 Å². The van der Waals surface area contributed by atoms with Crippen molar-refractivity contribution in [2.24, 2.45) is 0 Å². The second kappa shape index (κ2) is 8.66. The number of carbonyl (C=O) groups is 1. The molecule has 31 heavy (non-hydrogen) atoms. The molecule has 1 N–H and O–H groups in total. The lowest BCUT2D eigenvalue weighted by Gasteiger charge is -2.37. The predicted octanol–water partition coefficient (Wildman–Crippen LogP) is 4.96. The van der Waals surface area contributed by atoms with E-state index in [2.05, 4.69) is 5.32 Å². The summed E-state index contributed by atoms with van der Waals surface area (Å²) in [6, 6.07) is 12.8. The third kappa shape index (κ3) is 3.92. The molecule has 0 aliphatic carbocycles. The highest BCUT2D eigenvalue weighted by Crippen LogP contribution is 2.42. The van der Waals surface area contributed by atoms with Crippen LogP contribution in [0.4, 0.5) is 14.9 Å². The standard InChI is InChI=1S/C23H20FN3O3S/c1-29-19-11-14-7-8-27(23(28)26-18-6-5-16(24)10-15(18)13-25)22(21-4-3-9-31-21)17(14)12-20(19)30-2/h3-6,9-12,22H,7-8H2,1-2H3,(H,26,28). The summed E-state index contributed by atoms with van der Waals surface area (Å²) in [5.41, 5.74) is 2.39. The van der Waals surface area contributed by atoms with Crippen molar-refractivity contribution in [2.45, 2.75) is 12.5 Å². The van der Waals surface area contributed by atoms with Gasteiger partial charge in [-0.3, -0.25) is 0 Å². The van der Waals surface area contributed by atoms with Crippen LogP contribution in [0.15, 0.2) is 47.8 Å². The molecule has 158 valence electrons. The number of halogens is 1. The van der Waals surface area contributed by atoms with Crippen molar-refractivity contribution in [3.8, 4) is 17.6 Å². The maximum Gasteiger partial charge on any atom is 0.322 e. The number of amides is 2. The van der Waals surface area contributed by atoms with Crippen molar-refractivity contribution in [3.05, 3.63) is 75.2 Å². The molecule has 2 amide bonds. The fourth-order valence-corrected chi connectivity index (χ4v) is 4.68. The fourth-order valence-electron chi connectivity index (χ4n) is 3.82. The molecule has 0 saturated carbocycles. The number of methoxy groups -OCH3 is 2. The number of thiophene rings is 1. The molecule has 0 saturated heterocycles. The number of nitriles is 1. The molecule has 1 aliphatic heterocycles. The number of hydrogen-bond acceptors (Lipinski definition) is 5. The summed E-state index contributed by atoms with van der Waals surface area (Å²) >= 11 is 1.56. The highest BCUT2D eigenvalue weighted by molar-refractivity contribution is 7.10. The Balaban J connectivity index is 1.73. The molecule has 1 atom stereocenters. The van der Waals surface area contributed by atoms with Crippen LogP contribution in [0.1, 0.15) is 27.6 Å². The van der Waals surface area contributed by atoms with Gasteiger partial charge in [0.2, 0.25) is 0 Å². The highest BCUT2D eigenvalue weighted by Gasteiger charge is 2.34. The van der Waals surface area contributed by atoms with Crippen molar-refractivity contribution in [3.63, 3.8) is 0 Å². The monoisotopic (exact) mass is 437 g/mol. The molecule has 8 heteroatoms. The van der Waals surface area contributed by atoms with E-state index in [0.29, 0.717) is 24.5 Å². The molecule has 0 radical (unpaired) electrons. The van der Waals surface area contributed by atoms with Gasteiger partial charge in [-0.15, -0.1) is 11.3 Å². The largest absolute Gasteiger partial charge is 0.493 e. The van der Waals surface area contributed by atoms with E-state index >= 15 is 0 Å². The number of urea groups is 1. The van der Waals surface area contributed by atoms with E-state index in [-0.39, 0.29) is 23.3 Å². The van der Waals surface area contributed by atoms with Crippen LogP contribution >= 0.6 is 11.3 Å². The summed E-state index contributed by atoms with van der Waals surface area (Å²) in [6.07, 6.45) is 0.638. The van der Waals surface area contributed by atoms with E-state index in [4.69, 9.17) is 9.47 Å². The quantitative estimate of drug-likeness (QED) is 0.626. The third-order valence-electron chi connectivity index (χ3n) is 5.29. The molecule has 1 unspecified atom stereocenters. The summed E-state index contributed by atoms with van der Waals surface area (Å²) in [4.78, 5) is 16.0. The summed E-state index contributed by atoms with van der Waals surface area (Å²) < 4.78 is 24.4. The van der Waals surface area contributed by atoms with Gasteiger partial charge < -0.3 is 19.7 Å². The number of fused-ring (bicyclic) bond motifs is 1. The molecule has 0 bridgehead atoms. The first kappa shape index (κ1) is 20.7. The van der Waals surface area contributed by atoms with Gasteiger partial charge in [-0.05, 0) is 59.3 Å².